The first kappa shape index (κ1) is 15.4. The van der Waals surface area contributed by atoms with Crippen molar-refractivity contribution in [1.82, 2.24) is 9.88 Å². The number of thiophene rings is 1. The molecule has 1 N–H and O–H groups in total. The van der Waals surface area contributed by atoms with E-state index in [1.54, 1.807) is 17.3 Å². The van der Waals surface area contributed by atoms with E-state index in [0.717, 1.165) is 21.5 Å². The number of nitrogens with zero attached hydrogens (tertiary/aromatic N) is 2. The summed E-state index contributed by atoms with van der Waals surface area (Å²) < 4.78 is 0. The van der Waals surface area contributed by atoms with Gasteiger partial charge in [-0.05, 0) is 30.0 Å². The summed E-state index contributed by atoms with van der Waals surface area (Å²) in [6, 6.07) is 1.88. The van der Waals surface area contributed by atoms with Crippen LogP contribution >= 0.6 is 22.7 Å². The van der Waals surface area contributed by atoms with Crippen molar-refractivity contribution in [2.75, 3.05) is 7.05 Å². The highest BCUT2D eigenvalue weighted by molar-refractivity contribution is 7.10. The molecule has 0 saturated carbocycles. The summed E-state index contributed by atoms with van der Waals surface area (Å²) in [6.45, 7) is 2.34. The Hall–Kier alpha value is -1.99. The van der Waals surface area contributed by atoms with E-state index in [0.29, 0.717) is 12.2 Å². The highest BCUT2D eigenvalue weighted by Crippen LogP contribution is 2.19. The quantitative estimate of drug-likeness (QED) is 0.859. The Morgan fingerprint density at radius 1 is 1.38 bits per heavy atom. The summed E-state index contributed by atoms with van der Waals surface area (Å²) in [5, 5.41) is 13.1. The van der Waals surface area contributed by atoms with Gasteiger partial charge in [-0.25, -0.2) is 9.78 Å². The van der Waals surface area contributed by atoms with Crippen molar-refractivity contribution in [3.05, 3.63) is 44.0 Å². The molecule has 0 radical (unpaired) electrons. The predicted octanol–water partition coefficient (Wildman–Crippen LogP) is 2.88. The third kappa shape index (κ3) is 4.24. The average Bonchev–Trinajstić information content (AvgIpc) is 3.04. The Morgan fingerprint density at radius 3 is 2.76 bits per heavy atom. The van der Waals surface area contributed by atoms with E-state index in [-0.39, 0.29) is 5.91 Å². The van der Waals surface area contributed by atoms with Gasteiger partial charge in [0.2, 0.25) is 0 Å². The van der Waals surface area contributed by atoms with Gasteiger partial charge in [-0.3, -0.25) is 4.79 Å². The van der Waals surface area contributed by atoms with E-state index in [1.807, 2.05) is 18.4 Å². The lowest BCUT2D eigenvalue weighted by molar-refractivity contribution is -0.131. The minimum Gasteiger partial charge on any atom is -0.478 e. The van der Waals surface area contributed by atoms with E-state index >= 15 is 0 Å². The Kier molecular flexibility index (Phi) is 4.87. The minimum absolute atomic E-state index is 0.115. The van der Waals surface area contributed by atoms with E-state index in [2.05, 4.69) is 4.98 Å². The van der Waals surface area contributed by atoms with Gasteiger partial charge < -0.3 is 10.0 Å². The highest BCUT2D eigenvalue weighted by atomic mass is 32.1. The molecule has 0 aromatic carbocycles. The molecular weight excluding hydrogens is 308 g/mol. The molecular formula is C14H14N2O3S2. The molecule has 0 aliphatic carbocycles. The second-order valence-electron chi connectivity index (χ2n) is 4.43. The van der Waals surface area contributed by atoms with Crippen LogP contribution in [0.5, 0.6) is 0 Å². The van der Waals surface area contributed by atoms with E-state index in [1.165, 1.54) is 28.7 Å². The summed E-state index contributed by atoms with van der Waals surface area (Å²) in [5.74, 6) is -1.09. The normalized spacial score (nSPS) is 11.0. The SMILES string of the molecule is Cc1nc(C(=O)N(C)Cc2cc(/C=C/C(=O)O)cs2)cs1. The van der Waals surface area contributed by atoms with Crippen LogP contribution in [0.4, 0.5) is 0 Å². The molecule has 0 unspecified atom stereocenters. The smallest absolute Gasteiger partial charge is 0.328 e. The van der Waals surface area contributed by atoms with Crippen LogP contribution < -0.4 is 0 Å². The number of hydrogen-bond acceptors (Lipinski definition) is 5. The van der Waals surface area contributed by atoms with Crippen LogP contribution in [0.3, 0.4) is 0 Å². The predicted molar refractivity (Wildman–Crippen MR) is 83.6 cm³/mol. The van der Waals surface area contributed by atoms with Gasteiger partial charge >= 0.3 is 5.97 Å². The van der Waals surface area contributed by atoms with E-state index in [9.17, 15) is 9.59 Å². The molecule has 0 aliphatic rings. The minimum atomic E-state index is -0.978. The zero-order chi connectivity index (χ0) is 15.4. The van der Waals surface area contributed by atoms with Gasteiger partial charge in [0.15, 0.2) is 0 Å². The average molecular weight is 322 g/mol. The molecule has 5 nitrogen and oxygen atoms in total. The summed E-state index contributed by atoms with van der Waals surface area (Å²) in [4.78, 5) is 29.4. The lowest BCUT2D eigenvalue weighted by Crippen LogP contribution is -2.26. The van der Waals surface area contributed by atoms with Crippen LogP contribution in [-0.2, 0) is 11.3 Å². The first-order chi connectivity index (χ1) is 9.95. The summed E-state index contributed by atoms with van der Waals surface area (Å²) in [5.41, 5.74) is 1.28. The van der Waals surface area contributed by atoms with Gasteiger partial charge in [-0.15, -0.1) is 22.7 Å². The van der Waals surface area contributed by atoms with Crippen LogP contribution in [0.15, 0.2) is 22.9 Å². The number of hydrogen-bond donors (Lipinski definition) is 1. The second-order valence-corrected chi connectivity index (χ2v) is 6.49. The third-order valence-corrected chi connectivity index (χ3v) is 4.38. The van der Waals surface area contributed by atoms with Gasteiger partial charge in [-0.1, -0.05) is 0 Å². The molecule has 110 valence electrons. The molecule has 21 heavy (non-hydrogen) atoms. The van der Waals surface area contributed by atoms with Crippen molar-refractivity contribution in [1.29, 1.82) is 0 Å². The summed E-state index contributed by atoms with van der Waals surface area (Å²) >= 11 is 2.94. The fourth-order valence-corrected chi connectivity index (χ4v) is 3.19. The lowest BCUT2D eigenvalue weighted by Gasteiger charge is -2.14. The van der Waals surface area contributed by atoms with Gasteiger partial charge in [0, 0.05) is 23.4 Å². The molecule has 0 saturated heterocycles. The largest absolute Gasteiger partial charge is 0.478 e. The van der Waals surface area contributed by atoms with Crippen molar-refractivity contribution >= 4 is 40.6 Å². The van der Waals surface area contributed by atoms with Crippen LogP contribution in [0.2, 0.25) is 0 Å². The molecule has 0 atom stereocenters. The van der Waals surface area contributed by atoms with Crippen LogP contribution in [-0.4, -0.2) is 33.9 Å². The molecule has 7 heteroatoms. The number of thiazole rings is 1. The zero-order valence-electron chi connectivity index (χ0n) is 11.6. The lowest BCUT2D eigenvalue weighted by atomic mass is 10.2. The van der Waals surface area contributed by atoms with Crippen LogP contribution in [0, 0.1) is 6.92 Å². The number of aliphatic carboxylic acids is 1. The molecule has 0 aliphatic heterocycles. The third-order valence-electron chi connectivity index (χ3n) is 2.67. The first-order valence-corrected chi connectivity index (χ1v) is 7.87. The van der Waals surface area contributed by atoms with Crippen molar-refractivity contribution < 1.29 is 14.7 Å². The summed E-state index contributed by atoms with van der Waals surface area (Å²) in [7, 11) is 1.73. The molecule has 2 aromatic rings. The fraction of sp³-hybridized carbons (Fsp3) is 0.214. The molecule has 0 bridgehead atoms. The molecule has 2 aromatic heterocycles. The van der Waals surface area contributed by atoms with E-state index < -0.39 is 5.97 Å². The van der Waals surface area contributed by atoms with Gasteiger partial charge in [0.25, 0.3) is 5.91 Å². The molecule has 2 rings (SSSR count). The number of carboxylic acids is 1. The van der Waals surface area contributed by atoms with Gasteiger partial charge in [-0.2, -0.15) is 0 Å². The number of aryl methyl sites for hydroxylation is 1. The van der Waals surface area contributed by atoms with Crippen molar-refractivity contribution in [2.45, 2.75) is 13.5 Å². The topological polar surface area (TPSA) is 70.5 Å². The van der Waals surface area contributed by atoms with Crippen LogP contribution in [0.25, 0.3) is 6.08 Å². The maximum atomic E-state index is 12.2. The zero-order valence-corrected chi connectivity index (χ0v) is 13.2. The monoisotopic (exact) mass is 322 g/mol. The number of aromatic nitrogens is 1. The number of carbonyl (C=O) groups is 2. The highest BCUT2D eigenvalue weighted by Gasteiger charge is 2.15. The van der Waals surface area contributed by atoms with Gasteiger partial charge in [0.1, 0.15) is 5.69 Å². The fourth-order valence-electron chi connectivity index (χ4n) is 1.70. The van der Waals surface area contributed by atoms with Crippen LogP contribution in [0.1, 0.15) is 25.9 Å². The van der Waals surface area contributed by atoms with Crippen molar-refractivity contribution in [3.63, 3.8) is 0 Å². The second kappa shape index (κ2) is 6.64. The number of rotatable bonds is 5. The molecule has 0 fully saturated rings. The van der Waals surface area contributed by atoms with Crippen molar-refractivity contribution in [2.24, 2.45) is 0 Å². The molecule has 2 heterocycles. The Morgan fingerprint density at radius 2 is 2.14 bits per heavy atom. The maximum Gasteiger partial charge on any atom is 0.328 e. The molecule has 1 amide bonds. The standard InChI is InChI=1S/C14H14N2O3S2/c1-9-15-12(8-20-9)14(19)16(2)6-11-5-10(7-21-11)3-4-13(17)18/h3-5,7-8H,6H2,1-2H3,(H,17,18)/b4-3+. The van der Waals surface area contributed by atoms with E-state index in [4.69, 9.17) is 5.11 Å². The maximum absolute atomic E-state index is 12.2. The number of amides is 1. The Balaban J connectivity index is 2.01. The van der Waals surface area contributed by atoms with Gasteiger partial charge in [0.05, 0.1) is 11.6 Å². The number of carboxylic acid groups (broad SMARTS) is 1. The summed E-state index contributed by atoms with van der Waals surface area (Å²) in [6.07, 6.45) is 2.63. The Bertz CT molecular complexity index is 688. The number of carbonyl (C=O) groups excluding carboxylic acids is 1. The first-order valence-electron chi connectivity index (χ1n) is 6.11. The molecule has 0 spiro atoms. The Labute approximate surface area is 130 Å². The van der Waals surface area contributed by atoms with Crippen molar-refractivity contribution in [3.8, 4) is 0 Å².